The lowest BCUT2D eigenvalue weighted by Crippen LogP contribution is -2.36. The number of carbonyl (C=O) groups excluding carboxylic acids is 2. The molecule has 1 aliphatic heterocycles. The Kier molecular flexibility index (Phi) is 4.91. The Labute approximate surface area is 141 Å². The van der Waals surface area contributed by atoms with Gasteiger partial charge in [0.25, 0.3) is 5.91 Å². The van der Waals surface area contributed by atoms with E-state index in [0.717, 1.165) is 38.8 Å². The minimum Gasteiger partial charge on any atom is -0.339 e. The van der Waals surface area contributed by atoms with E-state index in [2.05, 4.69) is 10.6 Å². The van der Waals surface area contributed by atoms with Crippen LogP contribution >= 0.6 is 12.2 Å². The molecule has 1 saturated carbocycles. The molecule has 6 heteroatoms. The molecule has 0 radical (unpaired) electrons. The smallest absolute Gasteiger partial charge is 0.253 e. The van der Waals surface area contributed by atoms with Gasteiger partial charge in [-0.1, -0.05) is 6.07 Å². The van der Waals surface area contributed by atoms with E-state index in [4.69, 9.17) is 12.2 Å². The molecule has 2 amide bonds. The highest BCUT2D eigenvalue weighted by molar-refractivity contribution is 7.80. The number of benzene rings is 1. The predicted molar refractivity (Wildman–Crippen MR) is 93.3 cm³/mol. The van der Waals surface area contributed by atoms with Gasteiger partial charge in [0.2, 0.25) is 5.91 Å². The number of nitrogens with zero attached hydrogens (tertiary/aromatic N) is 1. The summed E-state index contributed by atoms with van der Waals surface area (Å²) in [6.07, 6.45) is 5.21. The average molecular weight is 331 g/mol. The van der Waals surface area contributed by atoms with Gasteiger partial charge in [0.05, 0.1) is 0 Å². The molecule has 0 spiro atoms. The number of piperidine rings is 1. The van der Waals surface area contributed by atoms with Crippen molar-refractivity contribution in [1.82, 2.24) is 10.2 Å². The SMILES string of the molecule is O=C(NC(=S)Nc1cccc(C(=O)N2CCCCC2)c1)C1CC1. The van der Waals surface area contributed by atoms with Crippen LogP contribution in [0.25, 0.3) is 0 Å². The number of hydrogen-bond acceptors (Lipinski definition) is 3. The summed E-state index contributed by atoms with van der Waals surface area (Å²) in [5, 5.41) is 5.95. The fraction of sp³-hybridized carbons (Fsp3) is 0.471. The summed E-state index contributed by atoms with van der Waals surface area (Å²) >= 11 is 5.16. The number of amides is 2. The van der Waals surface area contributed by atoms with E-state index in [1.165, 1.54) is 6.42 Å². The fourth-order valence-corrected chi connectivity index (χ4v) is 2.95. The topological polar surface area (TPSA) is 61.4 Å². The lowest BCUT2D eigenvalue weighted by molar-refractivity contribution is -0.120. The zero-order valence-electron chi connectivity index (χ0n) is 13.0. The number of rotatable bonds is 3. The summed E-state index contributed by atoms with van der Waals surface area (Å²) < 4.78 is 0. The van der Waals surface area contributed by atoms with Gasteiger partial charge in [-0.25, -0.2) is 0 Å². The first-order valence-electron chi connectivity index (χ1n) is 8.14. The number of carbonyl (C=O) groups is 2. The van der Waals surface area contributed by atoms with Crippen LogP contribution in [0.2, 0.25) is 0 Å². The Hall–Kier alpha value is -1.95. The van der Waals surface area contributed by atoms with Gasteiger partial charge in [0.1, 0.15) is 0 Å². The molecule has 0 bridgehead atoms. The number of thiocarbonyl (C=S) groups is 1. The summed E-state index contributed by atoms with van der Waals surface area (Å²) in [6, 6.07) is 7.26. The highest BCUT2D eigenvalue weighted by Crippen LogP contribution is 2.28. The summed E-state index contributed by atoms with van der Waals surface area (Å²) in [7, 11) is 0. The standard InChI is InChI=1S/C17H21N3O2S/c21-15(12-7-8-12)19-17(23)18-14-6-4-5-13(11-14)16(22)20-9-2-1-3-10-20/h4-6,11-12H,1-3,7-10H2,(H2,18,19,21,23). The molecule has 3 rings (SSSR count). The molecule has 0 unspecified atom stereocenters. The predicted octanol–water partition coefficient (Wildman–Crippen LogP) is 2.54. The van der Waals surface area contributed by atoms with Crippen molar-refractivity contribution in [2.24, 2.45) is 5.92 Å². The second-order valence-electron chi connectivity index (χ2n) is 6.15. The van der Waals surface area contributed by atoms with Crippen LogP contribution in [-0.4, -0.2) is 34.9 Å². The highest BCUT2D eigenvalue weighted by Gasteiger charge is 2.30. The first-order chi connectivity index (χ1) is 11.1. The van der Waals surface area contributed by atoms with Gasteiger partial charge in [0.15, 0.2) is 5.11 Å². The zero-order chi connectivity index (χ0) is 16.2. The number of hydrogen-bond donors (Lipinski definition) is 2. The van der Waals surface area contributed by atoms with Gasteiger partial charge in [-0.15, -0.1) is 0 Å². The second-order valence-corrected chi connectivity index (χ2v) is 6.56. The Morgan fingerprint density at radius 1 is 1.13 bits per heavy atom. The molecule has 1 aromatic rings. The second kappa shape index (κ2) is 7.08. The molecule has 122 valence electrons. The lowest BCUT2D eigenvalue weighted by Gasteiger charge is -2.26. The maximum Gasteiger partial charge on any atom is 0.253 e. The first-order valence-corrected chi connectivity index (χ1v) is 8.55. The Bertz CT molecular complexity index is 622. The van der Waals surface area contributed by atoms with E-state index < -0.39 is 0 Å². The van der Waals surface area contributed by atoms with Crippen molar-refractivity contribution in [3.63, 3.8) is 0 Å². The van der Waals surface area contributed by atoms with Crippen LogP contribution in [0.4, 0.5) is 5.69 Å². The van der Waals surface area contributed by atoms with Crippen LogP contribution in [0.3, 0.4) is 0 Å². The number of nitrogens with one attached hydrogen (secondary N) is 2. The molecular formula is C17H21N3O2S. The van der Waals surface area contributed by atoms with E-state index in [0.29, 0.717) is 11.3 Å². The summed E-state index contributed by atoms with van der Waals surface area (Å²) in [5.41, 5.74) is 1.36. The quantitative estimate of drug-likeness (QED) is 0.836. The van der Waals surface area contributed by atoms with Crippen molar-refractivity contribution in [3.8, 4) is 0 Å². The van der Waals surface area contributed by atoms with Crippen molar-refractivity contribution in [2.45, 2.75) is 32.1 Å². The van der Waals surface area contributed by atoms with E-state index in [1.54, 1.807) is 6.07 Å². The Balaban J connectivity index is 1.61. The third kappa shape index (κ3) is 4.28. The van der Waals surface area contributed by atoms with Crippen molar-refractivity contribution < 1.29 is 9.59 Å². The molecule has 1 saturated heterocycles. The molecule has 1 aromatic carbocycles. The van der Waals surface area contributed by atoms with E-state index in [9.17, 15) is 9.59 Å². The van der Waals surface area contributed by atoms with E-state index >= 15 is 0 Å². The summed E-state index contributed by atoms with van der Waals surface area (Å²) in [4.78, 5) is 26.1. The van der Waals surface area contributed by atoms with Crippen LogP contribution in [0.1, 0.15) is 42.5 Å². The molecule has 2 N–H and O–H groups in total. The molecular weight excluding hydrogens is 310 g/mol. The summed E-state index contributed by atoms with van der Waals surface area (Å²) in [6.45, 7) is 1.65. The first kappa shape index (κ1) is 15.9. The van der Waals surface area contributed by atoms with Gasteiger partial charge < -0.3 is 15.5 Å². The van der Waals surface area contributed by atoms with Crippen molar-refractivity contribution in [1.29, 1.82) is 0 Å². The minimum atomic E-state index is -0.0250. The Morgan fingerprint density at radius 3 is 2.57 bits per heavy atom. The lowest BCUT2D eigenvalue weighted by atomic mass is 10.1. The third-order valence-corrected chi connectivity index (χ3v) is 4.40. The molecule has 23 heavy (non-hydrogen) atoms. The molecule has 1 heterocycles. The van der Waals surface area contributed by atoms with Gasteiger partial charge >= 0.3 is 0 Å². The van der Waals surface area contributed by atoms with Crippen molar-refractivity contribution >= 4 is 34.8 Å². The molecule has 2 fully saturated rings. The van der Waals surface area contributed by atoms with Crippen molar-refractivity contribution in [2.75, 3.05) is 18.4 Å². The average Bonchev–Trinajstić information content (AvgIpc) is 3.40. The minimum absolute atomic E-state index is 0.0250. The molecule has 1 aliphatic carbocycles. The van der Waals surface area contributed by atoms with Gasteiger partial charge in [-0.3, -0.25) is 9.59 Å². The van der Waals surface area contributed by atoms with Crippen LogP contribution in [0.5, 0.6) is 0 Å². The van der Waals surface area contributed by atoms with E-state index in [-0.39, 0.29) is 22.8 Å². The maximum absolute atomic E-state index is 12.5. The van der Waals surface area contributed by atoms with Crippen LogP contribution in [0.15, 0.2) is 24.3 Å². The Morgan fingerprint density at radius 2 is 1.87 bits per heavy atom. The van der Waals surface area contributed by atoms with Gasteiger partial charge in [-0.2, -0.15) is 0 Å². The molecule has 0 atom stereocenters. The van der Waals surface area contributed by atoms with Gasteiger partial charge in [0, 0.05) is 30.3 Å². The molecule has 5 nitrogen and oxygen atoms in total. The maximum atomic E-state index is 12.5. The monoisotopic (exact) mass is 331 g/mol. The van der Waals surface area contributed by atoms with E-state index in [1.807, 2.05) is 23.1 Å². The van der Waals surface area contributed by atoms with Crippen LogP contribution in [-0.2, 0) is 4.79 Å². The number of anilines is 1. The van der Waals surface area contributed by atoms with Crippen LogP contribution in [0, 0.1) is 5.92 Å². The fourth-order valence-electron chi connectivity index (χ4n) is 2.73. The van der Waals surface area contributed by atoms with Crippen LogP contribution < -0.4 is 10.6 Å². The van der Waals surface area contributed by atoms with Crippen molar-refractivity contribution in [3.05, 3.63) is 29.8 Å². The zero-order valence-corrected chi connectivity index (χ0v) is 13.8. The normalized spacial score (nSPS) is 17.5. The van der Waals surface area contributed by atoms with Gasteiger partial charge in [-0.05, 0) is 62.5 Å². The summed E-state index contributed by atoms with van der Waals surface area (Å²) in [5.74, 6) is 0.145. The largest absolute Gasteiger partial charge is 0.339 e. The highest BCUT2D eigenvalue weighted by atomic mass is 32.1. The number of likely N-dealkylation sites (tertiary alicyclic amines) is 1. The third-order valence-electron chi connectivity index (χ3n) is 4.20. The molecule has 2 aliphatic rings. The molecule has 0 aromatic heterocycles.